The molecule has 1 saturated heterocycles. The molecule has 0 amide bonds. The lowest BCUT2D eigenvalue weighted by atomic mass is 9.99. The van der Waals surface area contributed by atoms with Gasteiger partial charge in [0.15, 0.2) is 11.5 Å². The third-order valence-electron chi connectivity index (χ3n) is 3.97. The number of hydrogen-bond acceptors (Lipinski definition) is 8. The third kappa shape index (κ3) is 3.06. The predicted octanol–water partition coefficient (Wildman–Crippen LogP) is -0.678. The second-order valence-corrected chi connectivity index (χ2v) is 5.64. The van der Waals surface area contributed by atoms with Gasteiger partial charge >= 0.3 is 0 Å². The smallest absolute Gasteiger partial charge is 0.231 e. The number of allylic oxidation sites excluding steroid dienone is 1. The van der Waals surface area contributed by atoms with Crippen molar-refractivity contribution in [2.75, 3.05) is 13.4 Å². The lowest BCUT2D eigenvalue weighted by Crippen LogP contribution is -2.60. The maximum atomic E-state index is 10.1. The van der Waals surface area contributed by atoms with Gasteiger partial charge in [0.2, 0.25) is 18.8 Å². The molecule has 1 aromatic rings. The average Bonchev–Trinajstić information content (AvgIpc) is 3.04. The Morgan fingerprint density at radius 3 is 2.67 bits per heavy atom. The second-order valence-electron chi connectivity index (χ2n) is 5.64. The van der Waals surface area contributed by atoms with Crippen molar-refractivity contribution in [3.63, 3.8) is 0 Å². The first kappa shape index (κ1) is 17.0. The van der Waals surface area contributed by atoms with Crippen molar-refractivity contribution in [3.8, 4) is 17.2 Å². The van der Waals surface area contributed by atoms with Gasteiger partial charge in [-0.15, -0.1) is 6.58 Å². The van der Waals surface area contributed by atoms with Gasteiger partial charge in [-0.25, -0.2) is 0 Å². The molecule has 24 heavy (non-hydrogen) atoms. The van der Waals surface area contributed by atoms with E-state index >= 15 is 0 Å². The van der Waals surface area contributed by atoms with Gasteiger partial charge < -0.3 is 39.4 Å². The number of aliphatic hydroxyl groups excluding tert-OH is 4. The molecule has 4 N–H and O–H groups in total. The van der Waals surface area contributed by atoms with Crippen LogP contribution in [0.15, 0.2) is 24.8 Å². The first-order valence-corrected chi connectivity index (χ1v) is 7.55. The maximum Gasteiger partial charge on any atom is 0.231 e. The lowest BCUT2D eigenvalue weighted by Gasteiger charge is -2.39. The molecular formula is C16H20O8. The summed E-state index contributed by atoms with van der Waals surface area (Å²) in [7, 11) is 0. The van der Waals surface area contributed by atoms with Gasteiger partial charge in [-0.3, -0.25) is 0 Å². The highest BCUT2D eigenvalue weighted by atomic mass is 16.7. The van der Waals surface area contributed by atoms with Crippen molar-refractivity contribution in [1.29, 1.82) is 0 Å². The normalized spacial score (nSPS) is 31.8. The zero-order valence-corrected chi connectivity index (χ0v) is 12.9. The number of rotatable bonds is 5. The van der Waals surface area contributed by atoms with E-state index in [4.69, 9.17) is 18.9 Å². The summed E-state index contributed by atoms with van der Waals surface area (Å²) in [5, 5.41) is 38.9. The van der Waals surface area contributed by atoms with E-state index in [9.17, 15) is 20.4 Å². The van der Waals surface area contributed by atoms with Crippen molar-refractivity contribution in [2.24, 2.45) is 0 Å². The van der Waals surface area contributed by atoms with E-state index in [1.54, 1.807) is 18.2 Å². The van der Waals surface area contributed by atoms with E-state index < -0.39 is 37.3 Å². The van der Waals surface area contributed by atoms with Crippen LogP contribution in [0.1, 0.15) is 5.56 Å². The molecule has 5 atom stereocenters. The largest absolute Gasteiger partial charge is 0.458 e. The molecule has 8 nitrogen and oxygen atoms in total. The summed E-state index contributed by atoms with van der Waals surface area (Å²) in [4.78, 5) is 0. The maximum absolute atomic E-state index is 10.1. The fourth-order valence-corrected chi connectivity index (χ4v) is 2.69. The van der Waals surface area contributed by atoms with Crippen LogP contribution in [0.4, 0.5) is 0 Å². The molecule has 3 rings (SSSR count). The van der Waals surface area contributed by atoms with Gasteiger partial charge in [0.25, 0.3) is 0 Å². The summed E-state index contributed by atoms with van der Waals surface area (Å²) in [5.74, 6) is 1.12. The van der Waals surface area contributed by atoms with E-state index in [-0.39, 0.29) is 12.5 Å². The monoisotopic (exact) mass is 340 g/mol. The molecule has 2 heterocycles. The van der Waals surface area contributed by atoms with Gasteiger partial charge in [-0.1, -0.05) is 6.08 Å². The van der Waals surface area contributed by atoms with Gasteiger partial charge in [-0.05, 0) is 24.1 Å². The summed E-state index contributed by atoms with van der Waals surface area (Å²) in [6.07, 6.45) is -4.49. The van der Waals surface area contributed by atoms with Crippen molar-refractivity contribution >= 4 is 0 Å². The van der Waals surface area contributed by atoms with E-state index in [0.717, 1.165) is 5.56 Å². The minimum absolute atomic E-state index is 0.0396. The molecule has 0 aliphatic carbocycles. The highest BCUT2D eigenvalue weighted by Crippen LogP contribution is 2.43. The third-order valence-corrected chi connectivity index (χ3v) is 3.97. The zero-order chi connectivity index (χ0) is 17.3. The van der Waals surface area contributed by atoms with Crippen LogP contribution in [0.5, 0.6) is 17.2 Å². The summed E-state index contributed by atoms with van der Waals surface area (Å²) < 4.78 is 21.7. The lowest BCUT2D eigenvalue weighted by molar-refractivity contribution is -0.277. The number of benzene rings is 1. The molecule has 0 spiro atoms. The number of aliphatic hydroxyl groups is 4. The fourth-order valence-electron chi connectivity index (χ4n) is 2.69. The Labute approximate surface area is 138 Å². The molecule has 0 radical (unpaired) electrons. The number of ether oxygens (including phenoxy) is 4. The van der Waals surface area contributed by atoms with Crippen molar-refractivity contribution in [2.45, 2.75) is 37.1 Å². The Kier molecular flexibility index (Phi) is 4.93. The minimum atomic E-state index is -1.51. The summed E-state index contributed by atoms with van der Waals surface area (Å²) in [6, 6.07) is 3.49. The van der Waals surface area contributed by atoms with Crippen LogP contribution >= 0.6 is 0 Å². The Morgan fingerprint density at radius 2 is 1.96 bits per heavy atom. The first-order chi connectivity index (χ1) is 11.5. The van der Waals surface area contributed by atoms with E-state index in [2.05, 4.69) is 6.58 Å². The van der Waals surface area contributed by atoms with Crippen molar-refractivity contribution in [3.05, 3.63) is 30.4 Å². The van der Waals surface area contributed by atoms with E-state index in [0.29, 0.717) is 17.9 Å². The number of hydrogen-bond donors (Lipinski definition) is 4. The topological polar surface area (TPSA) is 118 Å². The Morgan fingerprint density at radius 1 is 1.17 bits per heavy atom. The molecule has 1 fully saturated rings. The van der Waals surface area contributed by atoms with Crippen LogP contribution in [0.25, 0.3) is 0 Å². The molecule has 8 heteroatoms. The molecule has 0 aromatic heterocycles. The van der Waals surface area contributed by atoms with Crippen LogP contribution in [-0.4, -0.2) is 64.5 Å². The molecule has 2 aliphatic heterocycles. The predicted molar refractivity (Wildman–Crippen MR) is 80.9 cm³/mol. The summed E-state index contributed by atoms with van der Waals surface area (Å²) >= 11 is 0. The molecule has 0 bridgehead atoms. The Hall–Kier alpha value is -1.84. The molecule has 1 aromatic carbocycles. The van der Waals surface area contributed by atoms with Gasteiger partial charge in [-0.2, -0.15) is 0 Å². The van der Waals surface area contributed by atoms with E-state index in [1.165, 1.54) is 0 Å². The Balaban J connectivity index is 1.86. The van der Waals surface area contributed by atoms with E-state index in [1.807, 2.05) is 0 Å². The standard InChI is InChI=1S/C16H20O8/c1-2-3-8-4-9-15(22-7-21-9)10(5-8)23-16-14(20)13(19)12(18)11(6-17)24-16/h2,4-5,11-14,16-20H,1,3,6-7H2/t11-,12-,13+,14-,16-/m1/s1. The zero-order valence-electron chi connectivity index (χ0n) is 12.9. The average molecular weight is 340 g/mol. The van der Waals surface area contributed by atoms with Gasteiger partial charge in [0.1, 0.15) is 24.4 Å². The minimum Gasteiger partial charge on any atom is -0.458 e. The highest BCUT2D eigenvalue weighted by Gasteiger charge is 2.45. The van der Waals surface area contributed by atoms with Crippen LogP contribution < -0.4 is 14.2 Å². The van der Waals surface area contributed by atoms with Crippen LogP contribution in [0.2, 0.25) is 0 Å². The summed E-state index contributed by atoms with van der Waals surface area (Å²) in [6.45, 7) is 3.19. The molecule has 0 saturated carbocycles. The van der Waals surface area contributed by atoms with Crippen molar-refractivity contribution in [1.82, 2.24) is 0 Å². The first-order valence-electron chi connectivity index (χ1n) is 7.55. The van der Waals surface area contributed by atoms with Crippen LogP contribution in [-0.2, 0) is 11.2 Å². The van der Waals surface area contributed by atoms with Crippen molar-refractivity contribution < 1.29 is 39.4 Å². The fraction of sp³-hybridized carbons (Fsp3) is 0.500. The Bertz CT molecular complexity index is 602. The quantitative estimate of drug-likeness (QED) is 0.521. The SMILES string of the molecule is C=CCc1cc2c(c(O[C@@H]3O[C@H](CO)[C@@H](O)[C@H](O)[C@H]3O)c1)OCO2. The molecule has 2 aliphatic rings. The highest BCUT2D eigenvalue weighted by molar-refractivity contribution is 5.55. The van der Waals surface area contributed by atoms with Crippen LogP contribution in [0, 0.1) is 0 Å². The molecule has 0 unspecified atom stereocenters. The molecular weight excluding hydrogens is 320 g/mol. The van der Waals surface area contributed by atoms with Gasteiger partial charge in [0.05, 0.1) is 6.61 Å². The molecule has 132 valence electrons. The van der Waals surface area contributed by atoms with Gasteiger partial charge in [0, 0.05) is 0 Å². The van der Waals surface area contributed by atoms with Crippen LogP contribution in [0.3, 0.4) is 0 Å². The summed E-state index contributed by atoms with van der Waals surface area (Å²) in [5.41, 5.74) is 0.855. The number of fused-ring (bicyclic) bond motifs is 1. The second kappa shape index (κ2) is 6.96.